The monoisotopic (exact) mass is 346 g/mol. The number of ether oxygens (including phenoxy) is 1. The Balaban J connectivity index is 1.67. The van der Waals surface area contributed by atoms with Crippen molar-refractivity contribution in [3.8, 4) is 5.75 Å². The van der Waals surface area contributed by atoms with Gasteiger partial charge in [-0.25, -0.2) is 0 Å². The SMILES string of the molecule is CN1CCN(CCOc2ccc(I)cc2)CC1. The van der Waals surface area contributed by atoms with Crippen molar-refractivity contribution in [2.75, 3.05) is 46.4 Å². The molecule has 1 aromatic rings. The summed E-state index contributed by atoms with van der Waals surface area (Å²) in [5.41, 5.74) is 0. The quantitative estimate of drug-likeness (QED) is 0.775. The smallest absolute Gasteiger partial charge is 0.119 e. The third-order valence-corrected chi connectivity index (χ3v) is 3.80. The molecule has 1 aromatic carbocycles. The van der Waals surface area contributed by atoms with E-state index in [1.165, 1.54) is 16.7 Å². The van der Waals surface area contributed by atoms with Crippen LogP contribution in [0.1, 0.15) is 0 Å². The van der Waals surface area contributed by atoms with Crippen LogP contribution in [-0.2, 0) is 0 Å². The molecule has 0 atom stereocenters. The zero-order valence-electron chi connectivity index (χ0n) is 10.2. The summed E-state index contributed by atoms with van der Waals surface area (Å²) < 4.78 is 6.98. The second-order valence-corrected chi connectivity index (χ2v) is 5.69. The van der Waals surface area contributed by atoms with Crippen molar-refractivity contribution in [3.63, 3.8) is 0 Å². The van der Waals surface area contributed by atoms with Crippen LogP contribution in [0.2, 0.25) is 0 Å². The normalized spacial score (nSPS) is 18.2. The van der Waals surface area contributed by atoms with Gasteiger partial charge in [0.2, 0.25) is 0 Å². The van der Waals surface area contributed by atoms with Gasteiger partial charge in [-0.15, -0.1) is 0 Å². The molecule has 1 fully saturated rings. The summed E-state index contributed by atoms with van der Waals surface area (Å²) in [5, 5.41) is 0. The molecule has 0 aliphatic carbocycles. The lowest BCUT2D eigenvalue weighted by atomic mass is 10.3. The molecular weight excluding hydrogens is 327 g/mol. The van der Waals surface area contributed by atoms with Crippen molar-refractivity contribution in [3.05, 3.63) is 27.8 Å². The molecule has 0 radical (unpaired) electrons. The predicted molar refractivity (Wildman–Crippen MR) is 78.6 cm³/mol. The molecule has 1 heterocycles. The highest BCUT2D eigenvalue weighted by molar-refractivity contribution is 14.1. The number of piperazine rings is 1. The number of rotatable bonds is 4. The van der Waals surface area contributed by atoms with Crippen molar-refractivity contribution < 1.29 is 4.74 Å². The van der Waals surface area contributed by atoms with E-state index in [9.17, 15) is 0 Å². The van der Waals surface area contributed by atoms with Gasteiger partial charge in [0.05, 0.1) is 0 Å². The van der Waals surface area contributed by atoms with Crippen LogP contribution in [0, 0.1) is 3.57 Å². The van der Waals surface area contributed by atoms with Crippen molar-refractivity contribution >= 4 is 22.6 Å². The van der Waals surface area contributed by atoms with Crippen LogP contribution in [0.4, 0.5) is 0 Å². The third-order valence-electron chi connectivity index (χ3n) is 3.09. The first-order valence-electron chi connectivity index (χ1n) is 6.03. The zero-order chi connectivity index (χ0) is 12.1. The Morgan fingerprint density at radius 2 is 1.76 bits per heavy atom. The molecule has 1 aliphatic rings. The maximum atomic E-state index is 5.73. The minimum atomic E-state index is 0.782. The fourth-order valence-electron chi connectivity index (χ4n) is 1.89. The van der Waals surface area contributed by atoms with Gasteiger partial charge in [0, 0.05) is 36.3 Å². The molecule has 0 spiro atoms. The topological polar surface area (TPSA) is 15.7 Å². The van der Waals surface area contributed by atoms with Crippen molar-refractivity contribution in [2.24, 2.45) is 0 Å². The van der Waals surface area contributed by atoms with E-state index in [4.69, 9.17) is 4.74 Å². The molecule has 2 rings (SSSR count). The Morgan fingerprint density at radius 1 is 1.12 bits per heavy atom. The number of hydrogen-bond donors (Lipinski definition) is 0. The lowest BCUT2D eigenvalue weighted by Gasteiger charge is -2.32. The summed E-state index contributed by atoms with van der Waals surface area (Å²) in [5.74, 6) is 0.972. The number of likely N-dealkylation sites (N-methyl/N-ethyl adjacent to an activating group) is 1. The summed E-state index contributed by atoms with van der Waals surface area (Å²) in [7, 11) is 2.18. The van der Waals surface area contributed by atoms with Crippen LogP contribution in [0.3, 0.4) is 0 Å². The summed E-state index contributed by atoms with van der Waals surface area (Å²) in [6.07, 6.45) is 0. The standard InChI is InChI=1S/C13H19IN2O/c1-15-6-8-16(9-7-15)10-11-17-13-4-2-12(14)3-5-13/h2-5H,6-11H2,1H3. The summed E-state index contributed by atoms with van der Waals surface area (Å²) in [4.78, 5) is 4.84. The Bertz CT molecular complexity index is 334. The van der Waals surface area contributed by atoms with E-state index >= 15 is 0 Å². The first-order chi connectivity index (χ1) is 8.24. The lowest BCUT2D eigenvalue weighted by Crippen LogP contribution is -2.45. The molecule has 0 saturated carbocycles. The molecule has 1 saturated heterocycles. The number of benzene rings is 1. The minimum absolute atomic E-state index is 0.782. The van der Waals surface area contributed by atoms with Gasteiger partial charge in [0.1, 0.15) is 12.4 Å². The van der Waals surface area contributed by atoms with Crippen molar-refractivity contribution in [2.45, 2.75) is 0 Å². The van der Waals surface area contributed by atoms with Gasteiger partial charge >= 0.3 is 0 Å². The fourth-order valence-corrected chi connectivity index (χ4v) is 2.25. The molecule has 1 aliphatic heterocycles. The van der Waals surface area contributed by atoms with Crippen molar-refractivity contribution in [1.29, 1.82) is 0 Å². The van der Waals surface area contributed by atoms with Crippen LogP contribution in [0.25, 0.3) is 0 Å². The molecular formula is C13H19IN2O. The van der Waals surface area contributed by atoms with Gasteiger partial charge in [-0.2, -0.15) is 0 Å². The maximum Gasteiger partial charge on any atom is 0.119 e. The summed E-state index contributed by atoms with van der Waals surface area (Å²) >= 11 is 2.30. The van der Waals surface area contributed by atoms with Crippen molar-refractivity contribution in [1.82, 2.24) is 9.80 Å². The van der Waals surface area contributed by atoms with Crippen LogP contribution >= 0.6 is 22.6 Å². The largest absolute Gasteiger partial charge is 0.492 e. The molecule has 94 valence electrons. The van der Waals surface area contributed by atoms with Crippen LogP contribution < -0.4 is 4.74 Å². The molecule has 0 aromatic heterocycles. The first-order valence-corrected chi connectivity index (χ1v) is 7.11. The molecule has 0 N–H and O–H groups in total. The highest BCUT2D eigenvalue weighted by Gasteiger charge is 2.12. The zero-order valence-corrected chi connectivity index (χ0v) is 12.4. The van der Waals surface area contributed by atoms with Crippen LogP contribution in [0.5, 0.6) is 5.75 Å². The molecule has 4 heteroatoms. The molecule has 0 amide bonds. The summed E-state index contributed by atoms with van der Waals surface area (Å²) in [6, 6.07) is 8.22. The van der Waals surface area contributed by atoms with Gasteiger partial charge in [-0.05, 0) is 53.9 Å². The second-order valence-electron chi connectivity index (χ2n) is 4.45. The maximum absolute atomic E-state index is 5.73. The van der Waals surface area contributed by atoms with Gasteiger partial charge in [-0.3, -0.25) is 4.90 Å². The van der Waals surface area contributed by atoms with Crippen LogP contribution in [0.15, 0.2) is 24.3 Å². The average molecular weight is 346 g/mol. The molecule has 17 heavy (non-hydrogen) atoms. The van der Waals surface area contributed by atoms with Gasteiger partial charge in [0.15, 0.2) is 0 Å². The Labute approximate surface area is 117 Å². The van der Waals surface area contributed by atoms with E-state index < -0.39 is 0 Å². The minimum Gasteiger partial charge on any atom is -0.492 e. The number of halogens is 1. The number of hydrogen-bond acceptors (Lipinski definition) is 3. The lowest BCUT2D eigenvalue weighted by molar-refractivity contribution is 0.134. The van der Waals surface area contributed by atoms with Crippen LogP contribution in [-0.4, -0.2) is 56.2 Å². The number of nitrogens with zero attached hydrogens (tertiary/aromatic N) is 2. The van der Waals surface area contributed by atoms with E-state index in [2.05, 4.69) is 51.6 Å². The van der Waals surface area contributed by atoms with E-state index in [1.54, 1.807) is 0 Å². The highest BCUT2D eigenvalue weighted by Crippen LogP contribution is 2.13. The average Bonchev–Trinajstić information content (AvgIpc) is 2.34. The third kappa shape index (κ3) is 4.44. The van der Waals surface area contributed by atoms with Gasteiger partial charge in [-0.1, -0.05) is 0 Å². The van der Waals surface area contributed by atoms with Gasteiger partial charge in [0.25, 0.3) is 0 Å². The molecule has 0 bridgehead atoms. The Kier molecular flexibility index (Phi) is 5.06. The fraction of sp³-hybridized carbons (Fsp3) is 0.538. The first kappa shape index (κ1) is 13.1. The Morgan fingerprint density at radius 3 is 2.41 bits per heavy atom. The Hall–Kier alpha value is -0.330. The van der Waals surface area contributed by atoms with E-state index in [-0.39, 0.29) is 0 Å². The second kappa shape index (κ2) is 6.56. The molecule has 3 nitrogen and oxygen atoms in total. The summed E-state index contributed by atoms with van der Waals surface area (Å²) in [6.45, 7) is 6.47. The van der Waals surface area contributed by atoms with E-state index in [1.807, 2.05) is 12.1 Å². The van der Waals surface area contributed by atoms with E-state index in [0.29, 0.717) is 0 Å². The highest BCUT2D eigenvalue weighted by atomic mass is 127. The van der Waals surface area contributed by atoms with Gasteiger partial charge < -0.3 is 9.64 Å². The van der Waals surface area contributed by atoms with E-state index in [0.717, 1.165) is 32.0 Å². The predicted octanol–water partition coefficient (Wildman–Crippen LogP) is 1.92. The molecule has 0 unspecified atom stereocenters.